The number of hydrogen-bond acceptors (Lipinski definition) is 3. The van der Waals surface area contributed by atoms with Crippen molar-refractivity contribution in [1.29, 1.82) is 0 Å². The van der Waals surface area contributed by atoms with Gasteiger partial charge in [0.05, 0.1) is 18.4 Å². The van der Waals surface area contributed by atoms with Crippen molar-refractivity contribution >= 4 is 11.9 Å². The SMILES string of the molecule is CCCCCC1C(C)(C)CC(C)C(COC(=O)C2CCC(C)CC2C(=O)O)C1(C)C. The second-order valence-electron chi connectivity index (χ2n) is 11.7. The summed E-state index contributed by atoms with van der Waals surface area (Å²) in [6.07, 6.45) is 8.25. The predicted molar refractivity (Wildman–Crippen MR) is 121 cm³/mol. The van der Waals surface area contributed by atoms with Gasteiger partial charge in [0, 0.05) is 5.92 Å². The van der Waals surface area contributed by atoms with Crippen molar-refractivity contribution in [2.75, 3.05) is 6.61 Å². The Kier molecular flexibility index (Phi) is 8.43. The van der Waals surface area contributed by atoms with Crippen LogP contribution in [0.3, 0.4) is 0 Å². The molecule has 1 N–H and O–H groups in total. The smallest absolute Gasteiger partial charge is 0.309 e. The Morgan fingerprint density at radius 3 is 2.30 bits per heavy atom. The zero-order valence-electron chi connectivity index (χ0n) is 20.5. The fraction of sp³-hybridized carbons (Fsp3) is 0.923. The molecule has 2 aliphatic carbocycles. The number of aliphatic carboxylic acids is 1. The van der Waals surface area contributed by atoms with E-state index in [4.69, 9.17) is 4.74 Å². The number of carbonyl (C=O) groups excluding carboxylic acids is 1. The minimum absolute atomic E-state index is 0.0858. The highest BCUT2D eigenvalue weighted by molar-refractivity contribution is 5.81. The number of carboxylic acids is 1. The monoisotopic (exact) mass is 422 g/mol. The molecule has 0 saturated heterocycles. The van der Waals surface area contributed by atoms with E-state index in [-0.39, 0.29) is 16.8 Å². The molecule has 0 spiro atoms. The van der Waals surface area contributed by atoms with Crippen LogP contribution in [-0.4, -0.2) is 23.7 Å². The third-order valence-corrected chi connectivity index (χ3v) is 8.57. The minimum Gasteiger partial charge on any atom is -0.481 e. The first kappa shape index (κ1) is 25.2. The number of esters is 1. The van der Waals surface area contributed by atoms with Crippen molar-refractivity contribution < 1.29 is 19.4 Å². The maximum Gasteiger partial charge on any atom is 0.309 e. The number of rotatable bonds is 8. The zero-order valence-corrected chi connectivity index (χ0v) is 20.5. The van der Waals surface area contributed by atoms with Crippen molar-refractivity contribution in [2.45, 2.75) is 99.8 Å². The lowest BCUT2D eigenvalue weighted by Crippen LogP contribution is -2.51. The van der Waals surface area contributed by atoms with Gasteiger partial charge in [-0.1, -0.05) is 67.7 Å². The summed E-state index contributed by atoms with van der Waals surface area (Å²) in [5, 5.41) is 9.60. The van der Waals surface area contributed by atoms with Gasteiger partial charge in [0.25, 0.3) is 0 Å². The molecule has 2 rings (SSSR count). The first-order chi connectivity index (χ1) is 13.9. The van der Waals surface area contributed by atoms with Crippen LogP contribution in [0, 0.1) is 46.3 Å². The van der Waals surface area contributed by atoms with Crippen LogP contribution < -0.4 is 0 Å². The Hall–Kier alpha value is -1.06. The number of ether oxygens (including phenoxy) is 1. The Labute approximate surface area is 184 Å². The molecule has 2 saturated carbocycles. The summed E-state index contributed by atoms with van der Waals surface area (Å²) in [5.74, 6) is -0.482. The average molecular weight is 423 g/mol. The van der Waals surface area contributed by atoms with Crippen LogP contribution in [0.2, 0.25) is 0 Å². The van der Waals surface area contributed by atoms with Crippen LogP contribution >= 0.6 is 0 Å². The van der Waals surface area contributed by atoms with Crippen molar-refractivity contribution in [3.63, 3.8) is 0 Å². The first-order valence-electron chi connectivity index (χ1n) is 12.3. The predicted octanol–water partition coefficient (Wildman–Crippen LogP) is 6.57. The van der Waals surface area contributed by atoms with Crippen LogP contribution in [0.15, 0.2) is 0 Å². The molecule has 0 radical (unpaired) electrons. The van der Waals surface area contributed by atoms with Gasteiger partial charge in [0.15, 0.2) is 0 Å². The quantitative estimate of drug-likeness (QED) is 0.355. The molecule has 4 nitrogen and oxygen atoms in total. The van der Waals surface area contributed by atoms with Crippen LogP contribution in [-0.2, 0) is 14.3 Å². The summed E-state index contributed by atoms with van der Waals surface area (Å²) in [6, 6.07) is 0. The Morgan fingerprint density at radius 1 is 1.03 bits per heavy atom. The molecule has 6 unspecified atom stereocenters. The molecule has 0 aromatic carbocycles. The van der Waals surface area contributed by atoms with Gasteiger partial charge in [-0.25, -0.2) is 0 Å². The molecule has 30 heavy (non-hydrogen) atoms. The molecule has 0 aromatic heterocycles. The number of carbonyl (C=O) groups is 2. The zero-order chi connectivity index (χ0) is 22.7. The average Bonchev–Trinajstić information content (AvgIpc) is 2.63. The van der Waals surface area contributed by atoms with E-state index in [2.05, 4.69) is 48.5 Å². The van der Waals surface area contributed by atoms with Crippen molar-refractivity contribution in [2.24, 2.45) is 46.3 Å². The van der Waals surface area contributed by atoms with Crippen molar-refractivity contribution in [3.8, 4) is 0 Å². The standard InChI is InChI=1S/C26H46O4/c1-8-9-10-11-22-25(4,5)15-18(3)21(26(22,6)7)16-30-24(29)19-13-12-17(2)14-20(19)23(27)28/h17-22H,8-16H2,1-7H3,(H,27,28). The molecule has 2 fully saturated rings. The highest BCUT2D eigenvalue weighted by Gasteiger charge is 2.52. The Morgan fingerprint density at radius 2 is 1.70 bits per heavy atom. The van der Waals surface area contributed by atoms with Gasteiger partial charge in [-0.05, 0) is 60.7 Å². The van der Waals surface area contributed by atoms with Crippen LogP contribution in [0.5, 0.6) is 0 Å². The highest BCUT2D eigenvalue weighted by Crippen LogP contribution is 2.57. The minimum atomic E-state index is -0.854. The van der Waals surface area contributed by atoms with Gasteiger partial charge in [-0.2, -0.15) is 0 Å². The Bertz CT molecular complexity index is 594. The van der Waals surface area contributed by atoms with Crippen molar-refractivity contribution in [3.05, 3.63) is 0 Å². The van der Waals surface area contributed by atoms with Gasteiger partial charge in [-0.3, -0.25) is 9.59 Å². The summed E-state index contributed by atoms with van der Waals surface area (Å²) >= 11 is 0. The molecular weight excluding hydrogens is 376 g/mol. The molecule has 0 aromatic rings. The van der Waals surface area contributed by atoms with Gasteiger partial charge < -0.3 is 9.84 Å². The van der Waals surface area contributed by atoms with Gasteiger partial charge in [0.2, 0.25) is 0 Å². The molecule has 2 aliphatic rings. The molecule has 6 atom stereocenters. The topological polar surface area (TPSA) is 63.6 Å². The third-order valence-electron chi connectivity index (χ3n) is 8.57. The van der Waals surface area contributed by atoms with Crippen molar-refractivity contribution in [1.82, 2.24) is 0 Å². The number of unbranched alkanes of at least 4 members (excludes halogenated alkanes) is 2. The molecular formula is C26H46O4. The van der Waals surface area contributed by atoms with Gasteiger partial charge in [0.1, 0.15) is 0 Å². The second-order valence-corrected chi connectivity index (χ2v) is 11.7. The van der Waals surface area contributed by atoms with Crippen LogP contribution in [0.1, 0.15) is 99.8 Å². The summed E-state index contributed by atoms with van der Waals surface area (Å²) in [5.41, 5.74) is 0.369. The van der Waals surface area contributed by atoms with E-state index in [1.165, 1.54) is 25.7 Å². The second kappa shape index (κ2) is 10.0. The van der Waals surface area contributed by atoms with E-state index < -0.39 is 17.8 Å². The molecule has 0 amide bonds. The van der Waals surface area contributed by atoms with E-state index in [0.717, 1.165) is 12.8 Å². The lowest BCUT2D eigenvalue weighted by atomic mass is 9.49. The fourth-order valence-corrected chi connectivity index (χ4v) is 7.07. The molecule has 174 valence electrons. The maximum absolute atomic E-state index is 12.9. The normalized spacial score (nSPS) is 35.6. The van der Waals surface area contributed by atoms with E-state index in [0.29, 0.717) is 43.1 Å². The van der Waals surface area contributed by atoms with Gasteiger partial charge >= 0.3 is 11.9 Å². The molecule has 0 bridgehead atoms. The first-order valence-corrected chi connectivity index (χ1v) is 12.3. The summed E-state index contributed by atoms with van der Waals surface area (Å²) in [7, 11) is 0. The largest absolute Gasteiger partial charge is 0.481 e. The summed E-state index contributed by atoms with van der Waals surface area (Å²) < 4.78 is 5.88. The fourth-order valence-electron chi connectivity index (χ4n) is 7.07. The third kappa shape index (κ3) is 5.59. The van der Waals surface area contributed by atoms with Crippen LogP contribution in [0.4, 0.5) is 0 Å². The Balaban J connectivity index is 2.08. The van der Waals surface area contributed by atoms with Crippen LogP contribution in [0.25, 0.3) is 0 Å². The molecule has 4 heteroatoms. The number of carboxylic acid groups (broad SMARTS) is 1. The summed E-state index contributed by atoms with van der Waals surface area (Å²) in [6.45, 7) is 16.6. The lowest BCUT2D eigenvalue weighted by Gasteiger charge is -2.56. The van der Waals surface area contributed by atoms with E-state index >= 15 is 0 Å². The highest BCUT2D eigenvalue weighted by atomic mass is 16.5. The lowest BCUT2D eigenvalue weighted by molar-refractivity contribution is -0.166. The summed E-state index contributed by atoms with van der Waals surface area (Å²) in [4.78, 5) is 24.6. The maximum atomic E-state index is 12.9. The number of hydrogen-bond donors (Lipinski definition) is 1. The van der Waals surface area contributed by atoms with E-state index in [1.54, 1.807) is 0 Å². The van der Waals surface area contributed by atoms with E-state index in [1.807, 2.05) is 0 Å². The molecule has 0 aliphatic heterocycles. The molecule has 0 heterocycles. The van der Waals surface area contributed by atoms with Gasteiger partial charge in [-0.15, -0.1) is 0 Å². The van der Waals surface area contributed by atoms with E-state index in [9.17, 15) is 14.7 Å².